The Hall–Kier alpha value is -1.84. The van der Waals surface area contributed by atoms with Gasteiger partial charge in [-0.3, -0.25) is 9.59 Å². The maximum atomic E-state index is 12.3. The van der Waals surface area contributed by atoms with Crippen LogP contribution in [-0.2, 0) is 4.79 Å². The average molecular weight is 293 g/mol. The van der Waals surface area contributed by atoms with E-state index >= 15 is 0 Å². The van der Waals surface area contributed by atoms with Crippen LogP contribution in [0.1, 0.15) is 28.6 Å². The molecule has 3 N–H and O–H groups in total. The predicted molar refractivity (Wildman–Crippen MR) is 80.5 cm³/mol. The van der Waals surface area contributed by atoms with Crippen LogP contribution in [0.4, 0.5) is 0 Å². The van der Waals surface area contributed by atoms with Crippen molar-refractivity contribution < 1.29 is 9.59 Å². The van der Waals surface area contributed by atoms with Crippen LogP contribution in [-0.4, -0.2) is 43.4 Å². The van der Waals surface area contributed by atoms with Gasteiger partial charge in [-0.25, -0.2) is 0 Å². The molecular weight excluding hydrogens is 274 g/mol. The van der Waals surface area contributed by atoms with Gasteiger partial charge in [0.15, 0.2) is 0 Å². The first-order chi connectivity index (χ1) is 9.60. The fourth-order valence-corrected chi connectivity index (χ4v) is 2.34. The molecule has 1 aromatic heterocycles. The summed E-state index contributed by atoms with van der Waals surface area (Å²) in [4.78, 5) is 25.8. The van der Waals surface area contributed by atoms with E-state index in [1.807, 2.05) is 6.92 Å². The molecule has 0 radical (unpaired) electrons. The molecule has 0 aliphatic rings. The van der Waals surface area contributed by atoms with Gasteiger partial charge in [-0.2, -0.15) is 0 Å². The van der Waals surface area contributed by atoms with Crippen molar-refractivity contribution in [2.24, 2.45) is 5.73 Å². The van der Waals surface area contributed by atoms with E-state index in [-0.39, 0.29) is 24.9 Å². The van der Waals surface area contributed by atoms with Crippen LogP contribution in [0.3, 0.4) is 0 Å². The number of thiophene rings is 1. The Kier molecular flexibility index (Phi) is 6.77. The molecule has 108 valence electrons. The molecule has 0 bridgehead atoms. The van der Waals surface area contributed by atoms with Gasteiger partial charge in [-0.05, 0) is 17.9 Å². The van der Waals surface area contributed by atoms with Gasteiger partial charge in [0.2, 0.25) is 5.91 Å². The maximum Gasteiger partial charge on any atom is 0.265 e. The Morgan fingerprint density at radius 3 is 2.90 bits per heavy atom. The Balaban J connectivity index is 2.70. The molecule has 0 aliphatic heterocycles. The number of carbonyl (C=O) groups is 2. The standard InChI is InChI=1S/C14H19N3O2S/c1-3-8-16-12(18)10-17(2)14(19)13-11(5-4-7-15)6-9-20-13/h6,9H,3,7-8,10,15H2,1-2H3,(H,16,18). The molecule has 0 aromatic carbocycles. The van der Waals surface area contributed by atoms with E-state index in [2.05, 4.69) is 17.2 Å². The second-order valence-corrected chi connectivity index (χ2v) is 5.10. The number of amides is 2. The van der Waals surface area contributed by atoms with Crippen molar-refractivity contribution in [1.29, 1.82) is 0 Å². The molecule has 0 saturated carbocycles. The van der Waals surface area contributed by atoms with Crippen molar-refractivity contribution in [3.05, 3.63) is 21.9 Å². The zero-order valence-corrected chi connectivity index (χ0v) is 12.5. The van der Waals surface area contributed by atoms with Crippen molar-refractivity contribution in [2.45, 2.75) is 13.3 Å². The number of likely N-dealkylation sites (N-methyl/N-ethyl adjacent to an activating group) is 1. The number of hydrogen-bond acceptors (Lipinski definition) is 4. The minimum Gasteiger partial charge on any atom is -0.355 e. The van der Waals surface area contributed by atoms with Gasteiger partial charge < -0.3 is 16.0 Å². The lowest BCUT2D eigenvalue weighted by Gasteiger charge is -2.16. The van der Waals surface area contributed by atoms with E-state index in [4.69, 9.17) is 5.73 Å². The molecule has 0 unspecified atom stereocenters. The first kappa shape index (κ1) is 16.2. The molecule has 0 fully saturated rings. The molecule has 20 heavy (non-hydrogen) atoms. The van der Waals surface area contributed by atoms with Gasteiger partial charge in [0.25, 0.3) is 5.91 Å². The minimum absolute atomic E-state index is 0.0422. The number of nitrogens with two attached hydrogens (primary N) is 1. The number of nitrogens with one attached hydrogen (secondary N) is 1. The highest BCUT2D eigenvalue weighted by Gasteiger charge is 2.18. The van der Waals surface area contributed by atoms with Gasteiger partial charge in [0.1, 0.15) is 4.88 Å². The van der Waals surface area contributed by atoms with Crippen LogP contribution in [0, 0.1) is 11.8 Å². The van der Waals surface area contributed by atoms with Gasteiger partial charge in [-0.15, -0.1) is 11.3 Å². The average Bonchev–Trinajstić information content (AvgIpc) is 2.90. The summed E-state index contributed by atoms with van der Waals surface area (Å²) < 4.78 is 0. The molecule has 5 nitrogen and oxygen atoms in total. The Labute approximate surface area is 123 Å². The molecule has 0 aliphatic carbocycles. The van der Waals surface area contributed by atoms with Crippen molar-refractivity contribution in [2.75, 3.05) is 26.7 Å². The summed E-state index contributed by atoms with van der Waals surface area (Å²) in [5, 5.41) is 4.54. The third-order valence-electron chi connectivity index (χ3n) is 2.48. The summed E-state index contributed by atoms with van der Waals surface area (Å²) in [6.07, 6.45) is 0.868. The van der Waals surface area contributed by atoms with Crippen LogP contribution in [0.25, 0.3) is 0 Å². The molecule has 0 atom stereocenters. The smallest absolute Gasteiger partial charge is 0.265 e. The first-order valence-corrected chi connectivity index (χ1v) is 7.26. The fraction of sp³-hybridized carbons (Fsp3) is 0.429. The summed E-state index contributed by atoms with van der Waals surface area (Å²) in [7, 11) is 1.60. The number of hydrogen-bond donors (Lipinski definition) is 2. The maximum absolute atomic E-state index is 12.3. The van der Waals surface area contributed by atoms with Crippen LogP contribution >= 0.6 is 11.3 Å². The summed E-state index contributed by atoms with van der Waals surface area (Å²) in [6.45, 7) is 2.88. The topological polar surface area (TPSA) is 75.4 Å². The summed E-state index contributed by atoms with van der Waals surface area (Å²) in [5.74, 6) is 5.23. The van der Waals surface area contributed by atoms with Crippen molar-refractivity contribution in [3.63, 3.8) is 0 Å². The third-order valence-corrected chi connectivity index (χ3v) is 3.39. The molecule has 1 rings (SSSR count). The monoisotopic (exact) mass is 293 g/mol. The van der Waals surface area contributed by atoms with Crippen LogP contribution in [0.2, 0.25) is 0 Å². The number of rotatable bonds is 5. The summed E-state index contributed by atoms with van der Waals surface area (Å²) in [6, 6.07) is 1.78. The molecule has 6 heteroatoms. The van der Waals surface area contributed by atoms with E-state index < -0.39 is 0 Å². The third kappa shape index (κ3) is 4.68. The number of nitrogens with zero attached hydrogens (tertiary/aromatic N) is 1. The van der Waals surface area contributed by atoms with E-state index in [1.54, 1.807) is 18.5 Å². The van der Waals surface area contributed by atoms with Crippen LogP contribution in [0.15, 0.2) is 11.4 Å². The predicted octanol–water partition coefficient (Wildman–Crippen LogP) is 0.656. The Morgan fingerprint density at radius 2 is 2.25 bits per heavy atom. The first-order valence-electron chi connectivity index (χ1n) is 6.38. The van der Waals surface area contributed by atoms with Crippen molar-refractivity contribution in [3.8, 4) is 11.8 Å². The molecular formula is C14H19N3O2S. The van der Waals surface area contributed by atoms with E-state index in [1.165, 1.54) is 16.2 Å². The van der Waals surface area contributed by atoms with Gasteiger partial charge in [0, 0.05) is 19.2 Å². The quantitative estimate of drug-likeness (QED) is 0.783. The van der Waals surface area contributed by atoms with Crippen molar-refractivity contribution >= 4 is 23.2 Å². The lowest BCUT2D eigenvalue weighted by atomic mass is 10.2. The highest BCUT2D eigenvalue weighted by Crippen LogP contribution is 2.17. The largest absolute Gasteiger partial charge is 0.355 e. The lowest BCUT2D eigenvalue weighted by molar-refractivity contribution is -0.121. The molecule has 0 saturated heterocycles. The van der Waals surface area contributed by atoms with Crippen LogP contribution < -0.4 is 11.1 Å². The van der Waals surface area contributed by atoms with Crippen molar-refractivity contribution in [1.82, 2.24) is 10.2 Å². The Morgan fingerprint density at radius 1 is 1.50 bits per heavy atom. The van der Waals surface area contributed by atoms with E-state index in [0.29, 0.717) is 17.0 Å². The summed E-state index contributed by atoms with van der Waals surface area (Å²) >= 11 is 1.32. The molecule has 2 amide bonds. The normalized spacial score (nSPS) is 9.55. The SMILES string of the molecule is CCCNC(=O)CN(C)C(=O)c1sccc1C#CCN. The second-order valence-electron chi connectivity index (χ2n) is 4.18. The second kappa shape index (κ2) is 8.35. The van der Waals surface area contributed by atoms with Gasteiger partial charge in [0.05, 0.1) is 13.1 Å². The van der Waals surface area contributed by atoms with Gasteiger partial charge in [-0.1, -0.05) is 18.8 Å². The van der Waals surface area contributed by atoms with Crippen LogP contribution in [0.5, 0.6) is 0 Å². The minimum atomic E-state index is -0.201. The molecule has 1 heterocycles. The zero-order chi connectivity index (χ0) is 15.0. The number of carbonyl (C=O) groups excluding carboxylic acids is 2. The van der Waals surface area contributed by atoms with Gasteiger partial charge >= 0.3 is 0 Å². The van der Waals surface area contributed by atoms with E-state index in [0.717, 1.165) is 6.42 Å². The Bertz CT molecular complexity index is 528. The zero-order valence-electron chi connectivity index (χ0n) is 11.7. The fourth-order valence-electron chi connectivity index (χ4n) is 1.50. The lowest BCUT2D eigenvalue weighted by Crippen LogP contribution is -2.38. The molecule has 1 aromatic rings. The highest BCUT2D eigenvalue weighted by atomic mass is 32.1. The van der Waals surface area contributed by atoms with E-state index in [9.17, 15) is 9.59 Å². The molecule has 0 spiro atoms. The highest BCUT2D eigenvalue weighted by molar-refractivity contribution is 7.12. The summed E-state index contributed by atoms with van der Waals surface area (Å²) in [5.41, 5.74) is 5.98.